The predicted octanol–water partition coefficient (Wildman–Crippen LogP) is 3.65. The monoisotopic (exact) mass is 290 g/mol. The Kier molecular flexibility index (Phi) is 4.87. The summed E-state index contributed by atoms with van der Waals surface area (Å²) in [5.41, 5.74) is 0.587. The van der Waals surface area contributed by atoms with E-state index in [-0.39, 0.29) is 12.4 Å². The lowest BCUT2D eigenvalue weighted by atomic mass is 10.2. The molecule has 0 atom stereocenters. The number of aromatic carboxylic acids is 1. The molecule has 5 heteroatoms. The number of carboxylic acids is 1. The van der Waals surface area contributed by atoms with Crippen LogP contribution in [0.3, 0.4) is 0 Å². The zero-order valence-electron chi connectivity index (χ0n) is 12.1. The third-order valence-corrected chi connectivity index (χ3v) is 2.84. The minimum atomic E-state index is -1.07. The molecule has 0 saturated heterocycles. The molecule has 21 heavy (non-hydrogen) atoms. The van der Waals surface area contributed by atoms with E-state index in [0.717, 1.165) is 12.2 Å². The van der Waals surface area contributed by atoms with E-state index in [1.54, 1.807) is 25.1 Å². The van der Waals surface area contributed by atoms with E-state index in [1.807, 2.05) is 19.1 Å². The summed E-state index contributed by atoms with van der Waals surface area (Å²) in [6, 6.07) is 8.95. The number of furan rings is 1. The maximum absolute atomic E-state index is 10.9. The quantitative estimate of drug-likeness (QED) is 0.842. The molecule has 112 valence electrons. The summed E-state index contributed by atoms with van der Waals surface area (Å²) in [6.45, 7) is 4.61. The molecule has 2 aromatic rings. The number of hydrogen-bond donors (Lipinski definition) is 1. The fourth-order valence-corrected chi connectivity index (χ4v) is 1.84. The third-order valence-electron chi connectivity index (χ3n) is 2.84. The van der Waals surface area contributed by atoms with E-state index in [1.165, 1.54) is 0 Å². The molecule has 1 N–H and O–H groups in total. The molecule has 0 fully saturated rings. The molecular weight excluding hydrogens is 272 g/mol. The molecule has 0 aliphatic rings. The van der Waals surface area contributed by atoms with Crippen molar-refractivity contribution in [2.45, 2.75) is 26.9 Å². The van der Waals surface area contributed by atoms with Crippen LogP contribution >= 0.6 is 0 Å². The Hall–Kier alpha value is -2.43. The lowest BCUT2D eigenvalue weighted by Gasteiger charge is -2.07. The van der Waals surface area contributed by atoms with E-state index in [2.05, 4.69) is 0 Å². The molecule has 0 radical (unpaired) electrons. The maximum atomic E-state index is 10.9. The highest BCUT2D eigenvalue weighted by atomic mass is 16.5. The van der Waals surface area contributed by atoms with Crippen LogP contribution in [0.1, 0.15) is 35.2 Å². The van der Waals surface area contributed by atoms with Crippen molar-refractivity contribution in [3.05, 3.63) is 47.4 Å². The fraction of sp³-hybridized carbons (Fsp3) is 0.312. The minimum Gasteiger partial charge on any atom is -0.494 e. The van der Waals surface area contributed by atoms with Gasteiger partial charge in [0.1, 0.15) is 23.9 Å². The zero-order chi connectivity index (χ0) is 15.2. The third kappa shape index (κ3) is 4.02. The number of aryl methyl sites for hydroxylation is 1. The van der Waals surface area contributed by atoms with Crippen LogP contribution in [0, 0.1) is 6.92 Å². The van der Waals surface area contributed by atoms with Gasteiger partial charge in [0.25, 0.3) is 0 Å². The highest BCUT2D eigenvalue weighted by Gasteiger charge is 2.14. The average Bonchev–Trinajstić information content (AvgIpc) is 2.85. The van der Waals surface area contributed by atoms with Crippen molar-refractivity contribution in [3.8, 4) is 11.5 Å². The van der Waals surface area contributed by atoms with Crippen molar-refractivity contribution in [2.24, 2.45) is 0 Å². The highest BCUT2D eigenvalue weighted by Crippen LogP contribution is 2.20. The molecule has 0 aliphatic heterocycles. The lowest BCUT2D eigenvalue weighted by Crippen LogP contribution is -1.97. The minimum absolute atomic E-state index is 0.0445. The largest absolute Gasteiger partial charge is 0.494 e. The van der Waals surface area contributed by atoms with Crippen molar-refractivity contribution in [1.82, 2.24) is 0 Å². The lowest BCUT2D eigenvalue weighted by molar-refractivity contribution is 0.0657. The second-order valence-corrected chi connectivity index (χ2v) is 4.64. The molecular formula is C16H18O5. The van der Waals surface area contributed by atoms with E-state index in [4.69, 9.17) is 19.0 Å². The molecule has 0 saturated carbocycles. The SMILES string of the molecule is CCCOc1ccc(OCc2cc(C)c(C(=O)O)o2)cc1. The number of ether oxygens (including phenoxy) is 2. The van der Waals surface area contributed by atoms with Gasteiger partial charge in [-0.1, -0.05) is 6.92 Å². The number of carbonyl (C=O) groups is 1. The van der Waals surface area contributed by atoms with Crippen LogP contribution in [0.25, 0.3) is 0 Å². The van der Waals surface area contributed by atoms with E-state index in [0.29, 0.717) is 23.7 Å². The molecule has 0 unspecified atom stereocenters. The summed E-state index contributed by atoms with van der Waals surface area (Å²) in [7, 11) is 0. The maximum Gasteiger partial charge on any atom is 0.372 e. The van der Waals surface area contributed by atoms with Crippen molar-refractivity contribution in [3.63, 3.8) is 0 Å². The van der Waals surface area contributed by atoms with Crippen LogP contribution in [0.2, 0.25) is 0 Å². The molecule has 0 spiro atoms. The molecule has 1 heterocycles. The molecule has 0 aliphatic carbocycles. The molecule has 5 nitrogen and oxygen atoms in total. The number of hydrogen-bond acceptors (Lipinski definition) is 4. The second-order valence-electron chi connectivity index (χ2n) is 4.64. The van der Waals surface area contributed by atoms with Crippen LogP contribution in [0.5, 0.6) is 11.5 Å². The van der Waals surface area contributed by atoms with Crippen molar-refractivity contribution < 1.29 is 23.8 Å². The summed E-state index contributed by atoms with van der Waals surface area (Å²) in [5, 5.41) is 8.92. The first kappa shape index (κ1) is 15.0. The summed E-state index contributed by atoms with van der Waals surface area (Å²) in [5.74, 6) is 0.834. The Balaban J connectivity index is 1.93. The van der Waals surface area contributed by atoms with E-state index >= 15 is 0 Å². The molecule has 2 rings (SSSR count). The van der Waals surface area contributed by atoms with Crippen LogP contribution in [0.4, 0.5) is 0 Å². The van der Waals surface area contributed by atoms with Gasteiger partial charge in [0.05, 0.1) is 6.61 Å². The van der Waals surface area contributed by atoms with E-state index in [9.17, 15) is 4.79 Å². The molecule has 1 aromatic heterocycles. The molecule has 0 bridgehead atoms. The van der Waals surface area contributed by atoms with Gasteiger partial charge in [-0.25, -0.2) is 4.79 Å². The fourth-order valence-electron chi connectivity index (χ4n) is 1.84. The van der Waals surface area contributed by atoms with Crippen molar-refractivity contribution >= 4 is 5.97 Å². The van der Waals surface area contributed by atoms with Gasteiger partial charge in [-0.3, -0.25) is 0 Å². The molecule has 1 aromatic carbocycles. The summed E-state index contributed by atoms with van der Waals surface area (Å²) in [4.78, 5) is 10.9. The van der Waals surface area contributed by atoms with Crippen molar-refractivity contribution in [1.29, 1.82) is 0 Å². The van der Waals surface area contributed by atoms with Gasteiger partial charge in [-0.2, -0.15) is 0 Å². The first-order valence-electron chi connectivity index (χ1n) is 6.78. The summed E-state index contributed by atoms with van der Waals surface area (Å²) >= 11 is 0. The van der Waals surface area contributed by atoms with Crippen LogP contribution in [-0.4, -0.2) is 17.7 Å². The Morgan fingerprint density at radius 1 is 1.19 bits per heavy atom. The highest BCUT2D eigenvalue weighted by molar-refractivity contribution is 5.86. The van der Waals surface area contributed by atoms with Gasteiger partial charge in [0.2, 0.25) is 5.76 Å². The van der Waals surface area contributed by atoms with Gasteiger partial charge >= 0.3 is 5.97 Å². The summed E-state index contributed by atoms with van der Waals surface area (Å²) in [6.07, 6.45) is 0.960. The first-order valence-corrected chi connectivity index (χ1v) is 6.78. The van der Waals surface area contributed by atoms with Crippen molar-refractivity contribution in [2.75, 3.05) is 6.61 Å². The Morgan fingerprint density at radius 2 is 1.81 bits per heavy atom. The number of carboxylic acid groups (broad SMARTS) is 1. The first-order chi connectivity index (χ1) is 10.1. The number of benzene rings is 1. The Morgan fingerprint density at radius 3 is 2.33 bits per heavy atom. The van der Waals surface area contributed by atoms with Gasteiger partial charge in [0, 0.05) is 5.56 Å². The zero-order valence-corrected chi connectivity index (χ0v) is 12.1. The van der Waals surface area contributed by atoms with Gasteiger partial charge in [-0.15, -0.1) is 0 Å². The molecule has 0 amide bonds. The van der Waals surface area contributed by atoms with Crippen LogP contribution in [0.15, 0.2) is 34.7 Å². The standard InChI is InChI=1S/C16H18O5/c1-3-8-19-12-4-6-13(7-5-12)20-10-14-9-11(2)15(21-14)16(17)18/h4-7,9H,3,8,10H2,1-2H3,(H,17,18). The van der Waals surface area contributed by atoms with E-state index < -0.39 is 5.97 Å². The summed E-state index contributed by atoms with van der Waals surface area (Å²) < 4.78 is 16.3. The smallest absolute Gasteiger partial charge is 0.372 e. The van der Waals surface area contributed by atoms with Gasteiger partial charge < -0.3 is 19.0 Å². The van der Waals surface area contributed by atoms with Crippen LogP contribution in [-0.2, 0) is 6.61 Å². The Labute approximate surface area is 123 Å². The average molecular weight is 290 g/mol. The topological polar surface area (TPSA) is 68.9 Å². The normalized spacial score (nSPS) is 10.4. The van der Waals surface area contributed by atoms with Gasteiger partial charge in [-0.05, 0) is 43.7 Å². The predicted molar refractivity (Wildman–Crippen MR) is 77.0 cm³/mol. The van der Waals surface area contributed by atoms with Crippen LogP contribution < -0.4 is 9.47 Å². The number of rotatable bonds is 7. The Bertz CT molecular complexity index is 598. The van der Waals surface area contributed by atoms with Gasteiger partial charge in [0.15, 0.2) is 0 Å². The second kappa shape index (κ2) is 6.83.